The van der Waals surface area contributed by atoms with Crippen LogP contribution in [0.5, 0.6) is 0 Å². The number of carbonyl (C=O) groups is 1. The molecule has 2 aromatic carbocycles. The van der Waals surface area contributed by atoms with Crippen molar-refractivity contribution < 1.29 is 4.79 Å². The first-order valence-corrected chi connectivity index (χ1v) is 12.1. The van der Waals surface area contributed by atoms with Crippen molar-refractivity contribution >= 4 is 50.1 Å². The van der Waals surface area contributed by atoms with Crippen molar-refractivity contribution in [1.29, 1.82) is 0 Å². The van der Waals surface area contributed by atoms with Crippen LogP contribution in [0, 0.1) is 0 Å². The smallest absolute Gasteiger partial charge is 0.262 e. The fourth-order valence-corrected chi connectivity index (χ4v) is 5.38. The molecule has 160 valence electrons. The average Bonchev–Trinajstić information content (AvgIpc) is 3.16. The molecule has 1 unspecified atom stereocenters. The third-order valence-electron chi connectivity index (χ3n) is 4.83. The van der Waals surface area contributed by atoms with Gasteiger partial charge in [0.15, 0.2) is 5.16 Å². The summed E-state index contributed by atoms with van der Waals surface area (Å²) in [5.41, 5.74) is 1.60. The molecule has 0 aliphatic carbocycles. The number of para-hydroxylation sites is 2. The van der Waals surface area contributed by atoms with Gasteiger partial charge in [-0.15, -0.1) is 11.3 Å². The second-order valence-corrected chi connectivity index (χ2v) is 9.46. The van der Waals surface area contributed by atoms with Gasteiger partial charge in [0.1, 0.15) is 0 Å². The van der Waals surface area contributed by atoms with Crippen molar-refractivity contribution in [3.05, 3.63) is 63.9 Å². The maximum Gasteiger partial charge on any atom is 0.262 e. The summed E-state index contributed by atoms with van der Waals surface area (Å²) >= 11 is 2.96. The summed E-state index contributed by atoms with van der Waals surface area (Å²) in [6, 6.07) is 15.3. The fourth-order valence-electron chi connectivity index (χ4n) is 3.45. The van der Waals surface area contributed by atoms with Gasteiger partial charge in [-0.3, -0.25) is 14.2 Å². The van der Waals surface area contributed by atoms with Gasteiger partial charge in [-0.1, -0.05) is 43.0 Å². The minimum absolute atomic E-state index is 0.0314. The molecule has 0 saturated carbocycles. The number of rotatable bonds is 8. The number of aromatic nitrogens is 3. The molecule has 2 heterocycles. The van der Waals surface area contributed by atoms with Gasteiger partial charge in [-0.25, -0.2) is 9.97 Å². The second-order valence-electron chi connectivity index (χ2n) is 7.41. The first-order valence-electron chi connectivity index (χ1n) is 10.3. The van der Waals surface area contributed by atoms with Crippen LogP contribution in [-0.4, -0.2) is 32.2 Å². The monoisotopic (exact) mass is 452 g/mol. The number of carbonyl (C=O) groups excluding carboxylic acids is 1. The summed E-state index contributed by atoms with van der Waals surface area (Å²) in [5.74, 6) is 0.127. The van der Waals surface area contributed by atoms with Crippen LogP contribution in [0.1, 0.15) is 25.3 Å². The predicted octanol–water partition coefficient (Wildman–Crippen LogP) is 4.26. The van der Waals surface area contributed by atoms with Crippen molar-refractivity contribution in [1.82, 2.24) is 19.9 Å². The molecule has 0 aliphatic heterocycles. The van der Waals surface area contributed by atoms with E-state index in [2.05, 4.69) is 21.4 Å². The summed E-state index contributed by atoms with van der Waals surface area (Å²) in [7, 11) is 0. The molecule has 0 saturated heterocycles. The third kappa shape index (κ3) is 4.97. The van der Waals surface area contributed by atoms with Gasteiger partial charge in [-0.2, -0.15) is 0 Å². The van der Waals surface area contributed by atoms with E-state index < -0.39 is 0 Å². The molecule has 4 aromatic rings. The molecular weight excluding hydrogens is 428 g/mol. The number of nitrogens with one attached hydrogen (secondary N) is 1. The Morgan fingerprint density at radius 1 is 1.13 bits per heavy atom. The molecule has 0 radical (unpaired) electrons. The van der Waals surface area contributed by atoms with Crippen LogP contribution in [0.4, 0.5) is 0 Å². The van der Waals surface area contributed by atoms with Crippen LogP contribution >= 0.6 is 23.1 Å². The van der Waals surface area contributed by atoms with Crippen molar-refractivity contribution in [3.63, 3.8) is 0 Å². The Hall–Kier alpha value is -2.71. The molecule has 4 rings (SSSR count). The largest absolute Gasteiger partial charge is 0.352 e. The normalized spacial score (nSPS) is 12.3. The molecule has 0 aliphatic rings. The van der Waals surface area contributed by atoms with Crippen molar-refractivity contribution in [2.24, 2.45) is 0 Å². The average molecular weight is 453 g/mol. The van der Waals surface area contributed by atoms with Crippen LogP contribution in [0.25, 0.3) is 21.1 Å². The first kappa shape index (κ1) is 21.5. The molecule has 1 atom stereocenters. The van der Waals surface area contributed by atoms with E-state index in [-0.39, 0.29) is 23.3 Å². The van der Waals surface area contributed by atoms with Gasteiger partial charge in [0.2, 0.25) is 5.91 Å². The van der Waals surface area contributed by atoms with Gasteiger partial charge >= 0.3 is 0 Å². The van der Waals surface area contributed by atoms with E-state index in [1.807, 2.05) is 50.2 Å². The first-order chi connectivity index (χ1) is 15.0. The summed E-state index contributed by atoms with van der Waals surface area (Å²) in [6.07, 6.45) is 1.50. The van der Waals surface area contributed by atoms with Crippen LogP contribution < -0.4 is 10.9 Å². The molecule has 0 fully saturated rings. The Bertz CT molecular complexity index is 1250. The minimum atomic E-state index is -0.0796. The topological polar surface area (TPSA) is 76.9 Å². The Labute approximate surface area is 188 Å². The lowest BCUT2D eigenvalue weighted by atomic mass is 10.2. The van der Waals surface area contributed by atoms with E-state index in [1.54, 1.807) is 22.0 Å². The van der Waals surface area contributed by atoms with E-state index in [9.17, 15) is 9.59 Å². The summed E-state index contributed by atoms with van der Waals surface area (Å²) in [5, 5.41) is 5.24. The van der Waals surface area contributed by atoms with Crippen LogP contribution in [0.15, 0.2) is 58.5 Å². The number of nitrogens with zero attached hydrogens (tertiary/aromatic N) is 3. The molecule has 31 heavy (non-hydrogen) atoms. The molecule has 8 heteroatoms. The molecule has 6 nitrogen and oxygen atoms in total. The number of benzene rings is 2. The maximum atomic E-state index is 12.8. The van der Waals surface area contributed by atoms with Crippen molar-refractivity contribution in [3.8, 4) is 0 Å². The van der Waals surface area contributed by atoms with Gasteiger partial charge in [-0.05, 0) is 37.6 Å². The van der Waals surface area contributed by atoms with E-state index in [1.165, 1.54) is 11.8 Å². The van der Waals surface area contributed by atoms with Crippen molar-refractivity contribution in [2.75, 3.05) is 5.75 Å². The van der Waals surface area contributed by atoms with E-state index in [0.717, 1.165) is 21.6 Å². The zero-order valence-electron chi connectivity index (χ0n) is 17.5. The van der Waals surface area contributed by atoms with E-state index in [4.69, 9.17) is 0 Å². The van der Waals surface area contributed by atoms with Gasteiger partial charge in [0, 0.05) is 19.0 Å². The maximum absolute atomic E-state index is 12.8. The van der Waals surface area contributed by atoms with Gasteiger partial charge in [0.25, 0.3) is 5.56 Å². The Morgan fingerprint density at radius 2 is 1.87 bits per heavy atom. The summed E-state index contributed by atoms with van der Waals surface area (Å²) < 4.78 is 2.83. The highest BCUT2D eigenvalue weighted by Crippen LogP contribution is 2.22. The Kier molecular flexibility index (Phi) is 6.67. The third-order valence-corrected chi connectivity index (χ3v) is 6.87. The standard InChI is InChI=1S/C23H24N4O2S2/c1-3-12-27-22(29)16-8-4-5-9-17(16)26-23(27)30-14-20(28)24-15(2)13-21-25-18-10-6-7-11-19(18)31-21/h4-11,15H,3,12-14H2,1-2H3,(H,24,28). The number of hydrogen-bond donors (Lipinski definition) is 1. The van der Waals surface area contributed by atoms with Crippen molar-refractivity contribution in [2.45, 2.75) is 44.4 Å². The Morgan fingerprint density at radius 3 is 2.65 bits per heavy atom. The lowest BCUT2D eigenvalue weighted by Crippen LogP contribution is -2.35. The minimum Gasteiger partial charge on any atom is -0.352 e. The zero-order chi connectivity index (χ0) is 21.8. The second kappa shape index (κ2) is 9.62. The van der Waals surface area contributed by atoms with Crippen LogP contribution in [0.2, 0.25) is 0 Å². The number of thioether (sulfide) groups is 1. The highest BCUT2D eigenvalue weighted by atomic mass is 32.2. The summed E-state index contributed by atoms with van der Waals surface area (Å²) in [6.45, 7) is 4.58. The zero-order valence-corrected chi connectivity index (χ0v) is 19.1. The SMILES string of the molecule is CCCn1c(SCC(=O)NC(C)Cc2nc3ccccc3s2)nc2ccccc2c1=O. The van der Waals surface area contributed by atoms with E-state index >= 15 is 0 Å². The molecule has 1 amide bonds. The summed E-state index contributed by atoms with van der Waals surface area (Å²) in [4.78, 5) is 34.7. The highest BCUT2D eigenvalue weighted by Gasteiger charge is 2.15. The van der Waals surface area contributed by atoms with Gasteiger partial charge < -0.3 is 5.32 Å². The van der Waals surface area contributed by atoms with Gasteiger partial charge in [0.05, 0.1) is 31.9 Å². The number of amides is 1. The quantitative estimate of drug-likeness (QED) is 0.319. The van der Waals surface area contributed by atoms with Crippen LogP contribution in [0.3, 0.4) is 0 Å². The van der Waals surface area contributed by atoms with Crippen LogP contribution in [-0.2, 0) is 17.8 Å². The number of hydrogen-bond acceptors (Lipinski definition) is 6. The number of thiazole rings is 1. The predicted molar refractivity (Wildman–Crippen MR) is 128 cm³/mol. The lowest BCUT2D eigenvalue weighted by Gasteiger charge is -2.14. The lowest BCUT2D eigenvalue weighted by molar-refractivity contribution is -0.119. The molecular formula is C23H24N4O2S2. The molecule has 2 aromatic heterocycles. The fraction of sp³-hybridized carbons (Fsp3) is 0.304. The number of fused-ring (bicyclic) bond motifs is 2. The van der Waals surface area contributed by atoms with E-state index in [0.29, 0.717) is 29.0 Å². The Balaban J connectivity index is 1.41. The highest BCUT2D eigenvalue weighted by molar-refractivity contribution is 7.99. The molecule has 0 bridgehead atoms. The molecule has 1 N–H and O–H groups in total. The molecule has 0 spiro atoms.